The zero-order chi connectivity index (χ0) is 15.0. The lowest BCUT2D eigenvalue weighted by Crippen LogP contribution is -2.13. The second kappa shape index (κ2) is 5.47. The highest BCUT2D eigenvalue weighted by molar-refractivity contribution is 5.92. The number of pyridine rings is 1. The molecular formula is C16H19NO4. The summed E-state index contributed by atoms with van der Waals surface area (Å²) in [6, 6.07) is 1.73. The summed E-state index contributed by atoms with van der Waals surface area (Å²) in [5, 5.41) is 9.33. The first kappa shape index (κ1) is 14.0. The van der Waals surface area contributed by atoms with E-state index >= 15 is 0 Å². The van der Waals surface area contributed by atoms with Gasteiger partial charge in [-0.05, 0) is 54.7 Å². The highest BCUT2D eigenvalue weighted by Crippen LogP contribution is 2.42. The Morgan fingerprint density at radius 3 is 2.71 bits per heavy atom. The van der Waals surface area contributed by atoms with Crippen LogP contribution in [-0.2, 0) is 11.2 Å². The second-order valence-electron chi connectivity index (χ2n) is 5.98. The fourth-order valence-corrected chi connectivity index (χ4v) is 3.22. The Morgan fingerprint density at radius 1 is 1.33 bits per heavy atom. The van der Waals surface area contributed by atoms with Crippen LogP contribution in [-0.4, -0.2) is 29.1 Å². The van der Waals surface area contributed by atoms with Crippen LogP contribution in [0.1, 0.15) is 70.1 Å². The molecule has 1 aromatic heterocycles. The third-order valence-corrected chi connectivity index (χ3v) is 4.56. The van der Waals surface area contributed by atoms with Crippen LogP contribution in [0.3, 0.4) is 0 Å². The largest absolute Gasteiger partial charge is 0.477 e. The van der Waals surface area contributed by atoms with Crippen LogP contribution in [0.4, 0.5) is 0 Å². The number of rotatable bonds is 5. The fourth-order valence-electron chi connectivity index (χ4n) is 3.22. The van der Waals surface area contributed by atoms with Crippen LogP contribution < -0.4 is 0 Å². The van der Waals surface area contributed by atoms with E-state index < -0.39 is 11.9 Å². The van der Waals surface area contributed by atoms with Gasteiger partial charge in [-0.3, -0.25) is 0 Å². The maximum absolute atomic E-state index is 11.7. The average molecular weight is 289 g/mol. The molecule has 1 N–H and O–H groups in total. The van der Waals surface area contributed by atoms with Gasteiger partial charge < -0.3 is 9.84 Å². The lowest BCUT2D eigenvalue weighted by Gasteiger charge is -2.13. The lowest BCUT2D eigenvalue weighted by atomic mass is 9.94. The van der Waals surface area contributed by atoms with Crippen LogP contribution in [0.15, 0.2) is 6.07 Å². The molecule has 0 bridgehead atoms. The smallest absolute Gasteiger partial charge is 0.356 e. The average Bonchev–Trinajstić information content (AvgIpc) is 3.22. The second-order valence-corrected chi connectivity index (χ2v) is 5.98. The predicted octanol–water partition coefficient (Wildman–Crippen LogP) is 2.79. The molecule has 5 heteroatoms. The summed E-state index contributed by atoms with van der Waals surface area (Å²) in [4.78, 5) is 27.1. The summed E-state index contributed by atoms with van der Waals surface area (Å²) in [5.41, 5.74) is 1.91. The SMILES string of the molecule is COC(=O)c1cc2c(c(C(=O)O)n1)CC[C@@H]2CCC1CC1. The van der Waals surface area contributed by atoms with Gasteiger partial charge in [0.25, 0.3) is 0 Å². The number of carbonyl (C=O) groups excluding carboxylic acids is 1. The number of carbonyl (C=O) groups is 2. The molecule has 0 aromatic carbocycles. The number of ether oxygens (including phenoxy) is 1. The van der Waals surface area contributed by atoms with Crippen molar-refractivity contribution in [3.8, 4) is 0 Å². The first-order valence-corrected chi connectivity index (χ1v) is 7.45. The zero-order valence-electron chi connectivity index (χ0n) is 12.1. The van der Waals surface area contributed by atoms with Gasteiger partial charge in [0.2, 0.25) is 0 Å². The van der Waals surface area contributed by atoms with Crippen molar-refractivity contribution >= 4 is 11.9 Å². The predicted molar refractivity (Wildman–Crippen MR) is 75.6 cm³/mol. The topological polar surface area (TPSA) is 76.5 Å². The molecule has 112 valence electrons. The molecule has 0 spiro atoms. The van der Waals surface area contributed by atoms with Crippen LogP contribution in [0.5, 0.6) is 0 Å². The number of aromatic nitrogens is 1. The minimum Gasteiger partial charge on any atom is -0.477 e. The monoisotopic (exact) mass is 289 g/mol. The Labute approximate surface area is 123 Å². The van der Waals surface area contributed by atoms with Crippen LogP contribution >= 0.6 is 0 Å². The summed E-state index contributed by atoms with van der Waals surface area (Å²) in [5.74, 6) is -0.437. The van der Waals surface area contributed by atoms with Gasteiger partial charge in [-0.15, -0.1) is 0 Å². The molecular weight excluding hydrogens is 270 g/mol. The summed E-state index contributed by atoms with van der Waals surface area (Å²) >= 11 is 0. The van der Waals surface area contributed by atoms with Gasteiger partial charge in [0, 0.05) is 0 Å². The summed E-state index contributed by atoms with van der Waals surface area (Å²) in [6.07, 6.45) is 6.60. The first-order chi connectivity index (χ1) is 10.1. The van der Waals surface area contributed by atoms with Gasteiger partial charge in [0.1, 0.15) is 5.69 Å². The number of methoxy groups -OCH3 is 1. The minimum absolute atomic E-state index is 0.0156. The molecule has 0 amide bonds. The van der Waals surface area contributed by atoms with Crippen molar-refractivity contribution in [2.24, 2.45) is 5.92 Å². The molecule has 0 unspecified atom stereocenters. The summed E-state index contributed by atoms with van der Waals surface area (Å²) in [6.45, 7) is 0. The Bertz CT molecular complexity index is 592. The normalized spacial score (nSPS) is 20.1. The Kier molecular flexibility index (Phi) is 3.66. The Balaban J connectivity index is 1.93. The minimum atomic E-state index is -1.07. The van der Waals surface area contributed by atoms with E-state index in [2.05, 4.69) is 9.72 Å². The first-order valence-electron chi connectivity index (χ1n) is 7.45. The van der Waals surface area contributed by atoms with Crippen LogP contribution in [0.25, 0.3) is 0 Å². The summed E-state index contributed by atoms with van der Waals surface area (Å²) in [7, 11) is 1.28. The summed E-state index contributed by atoms with van der Waals surface area (Å²) < 4.78 is 4.68. The molecule has 2 aliphatic carbocycles. The van der Waals surface area contributed by atoms with Crippen molar-refractivity contribution in [3.05, 3.63) is 28.6 Å². The molecule has 2 aliphatic rings. The van der Waals surface area contributed by atoms with Gasteiger partial charge in [0.15, 0.2) is 5.69 Å². The van der Waals surface area contributed by atoms with Crippen molar-refractivity contribution in [2.45, 2.75) is 44.4 Å². The van der Waals surface area contributed by atoms with Gasteiger partial charge in [-0.1, -0.05) is 12.8 Å². The fraction of sp³-hybridized carbons (Fsp3) is 0.562. The molecule has 0 saturated heterocycles. The molecule has 1 fully saturated rings. The molecule has 21 heavy (non-hydrogen) atoms. The number of hydrogen-bond acceptors (Lipinski definition) is 4. The molecule has 1 heterocycles. The number of esters is 1. The van der Waals surface area contributed by atoms with Crippen LogP contribution in [0.2, 0.25) is 0 Å². The Hall–Kier alpha value is -1.91. The highest BCUT2D eigenvalue weighted by atomic mass is 16.5. The van der Waals surface area contributed by atoms with E-state index in [9.17, 15) is 14.7 Å². The molecule has 1 atom stereocenters. The molecule has 1 saturated carbocycles. The highest BCUT2D eigenvalue weighted by Gasteiger charge is 2.31. The Morgan fingerprint density at radius 2 is 2.10 bits per heavy atom. The lowest BCUT2D eigenvalue weighted by molar-refractivity contribution is 0.0593. The van der Waals surface area contributed by atoms with E-state index in [1.807, 2.05) is 0 Å². The number of carboxylic acid groups (broad SMARTS) is 1. The van der Waals surface area contributed by atoms with E-state index in [4.69, 9.17) is 0 Å². The molecule has 0 aliphatic heterocycles. The molecule has 5 nitrogen and oxygen atoms in total. The third kappa shape index (κ3) is 2.77. The van der Waals surface area contributed by atoms with E-state index in [0.29, 0.717) is 5.92 Å². The van der Waals surface area contributed by atoms with E-state index in [1.165, 1.54) is 26.4 Å². The maximum atomic E-state index is 11.7. The van der Waals surface area contributed by atoms with Gasteiger partial charge in [0.05, 0.1) is 7.11 Å². The van der Waals surface area contributed by atoms with Gasteiger partial charge >= 0.3 is 11.9 Å². The maximum Gasteiger partial charge on any atom is 0.356 e. The van der Waals surface area contributed by atoms with Gasteiger partial charge in [-0.2, -0.15) is 0 Å². The zero-order valence-corrected chi connectivity index (χ0v) is 12.1. The number of nitrogens with zero attached hydrogens (tertiary/aromatic N) is 1. The number of aromatic carboxylic acids is 1. The van der Waals surface area contributed by atoms with E-state index in [0.717, 1.165) is 36.3 Å². The van der Waals surface area contributed by atoms with E-state index in [1.54, 1.807) is 6.07 Å². The number of hydrogen-bond donors (Lipinski definition) is 1. The van der Waals surface area contributed by atoms with Crippen molar-refractivity contribution in [1.29, 1.82) is 0 Å². The van der Waals surface area contributed by atoms with Crippen molar-refractivity contribution in [1.82, 2.24) is 4.98 Å². The van der Waals surface area contributed by atoms with Gasteiger partial charge in [-0.25, -0.2) is 14.6 Å². The third-order valence-electron chi connectivity index (χ3n) is 4.56. The molecule has 0 radical (unpaired) electrons. The molecule has 1 aromatic rings. The number of fused-ring (bicyclic) bond motifs is 1. The number of carboxylic acids is 1. The standard InChI is InChI=1S/C16H19NO4/c1-21-16(20)13-8-12-10(5-4-9-2-3-9)6-7-11(12)14(17-13)15(18)19/h8-10H,2-7H2,1H3,(H,18,19)/t10-/m0/s1. The van der Waals surface area contributed by atoms with Crippen molar-refractivity contribution in [2.75, 3.05) is 7.11 Å². The van der Waals surface area contributed by atoms with E-state index in [-0.39, 0.29) is 11.4 Å². The van der Waals surface area contributed by atoms with Crippen molar-refractivity contribution < 1.29 is 19.4 Å². The van der Waals surface area contributed by atoms with Crippen molar-refractivity contribution in [3.63, 3.8) is 0 Å². The van der Waals surface area contributed by atoms with Crippen LogP contribution in [0, 0.1) is 5.92 Å². The quantitative estimate of drug-likeness (QED) is 0.843. The molecule has 3 rings (SSSR count).